The van der Waals surface area contributed by atoms with Crippen molar-refractivity contribution in [2.24, 2.45) is 0 Å². The van der Waals surface area contributed by atoms with Crippen LogP contribution in [-0.4, -0.2) is 35.6 Å². The molecule has 2 N–H and O–H groups in total. The van der Waals surface area contributed by atoms with Gasteiger partial charge in [0.05, 0.1) is 5.69 Å². The van der Waals surface area contributed by atoms with Crippen LogP contribution in [0.1, 0.15) is 18.2 Å². The second-order valence-corrected chi connectivity index (χ2v) is 6.52. The predicted octanol–water partition coefficient (Wildman–Crippen LogP) is 3.83. The van der Waals surface area contributed by atoms with Gasteiger partial charge in [-0.3, -0.25) is 4.90 Å². The van der Waals surface area contributed by atoms with E-state index >= 15 is 0 Å². The minimum Gasteiger partial charge on any atom is -0.332 e. The van der Waals surface area contributed by atoms with Gasteiger partial charge in [0.1, 0.15) is 0 Å². The van der Waals surface area contributed by atoms with Crippen LogP contribution in [-0.2, 0) is 6.54 Å². The van der Waals surface area contributed by atoms with E-state index < -0.39 is 0 Å². The highest BCUT2D eigenvalue weighted by Gasteiger charge is 2.18. The van der Waals surface area contributed by atoms with Crippen LogP contribution < -0.4 is 10.6 Å². The quantitative estimate of drug-likeness (QED) is 0.852. The van der Waals surface area contributed by atoms with E-state index in [1.54, 1.807) is 11.3 Å². The van der Waals surface area contributed by atoms with Gasteiger partial charge in [-0.15, -0.1) is 36.2 Å². The van der Waals surface area contributed by atoms with Gasteiger partial charge in [0, 0.05) is 43.3 Å². The van der Waals surface area contributed by atoms with Gasteiger partial charge < -0.3 is 10.6 Å². The molecule has 0 unspecified atom stereocenters. The molecule has 0 bridgehead atoms. The maximum Gasteiger partial charge on any atom is 0.187 e. The van der Waals surface area contributed by atoms with Crippen LogP contribution in [0.4, 0.5) is 10.8 Å². The molecule has 1 aliphatic heterocycles. The number of hydrogen-bond acceptors (Lipinski definition) is 5. The number of halogens is 2. The van der Waals surface area contributed by atoms with E-state index in [-0.39, 0.29) is 24.8 Å². The average Bonchev–Trinajstić information content (AvgIpc) is 2.91. The first-order valence-electron chi connectivity index (χ1n) is 7.43. The van der Waals surface area contributed by atoms with Crippen LogP contribution >= 0.6 is 36.2 Å². The molecule has 0 saturated carbocycles. The fourth-order valence-electron chi connectivity index (χ4n) is 2.52. The summed E-state index contributed by atoms with van der Waals surface area (Å²) in [5.74, 6) is 0. The number of benzene rings is 1. The molecule has 0 radical (unpaired) electrons. The van der Waals surface area contributed by atoms with Crippen molar-refractivity contribution in [2.75, 3.05) is 25.0 Å². The van der Waals surface area contributed by atoms with Crippen molar-refractivity contribution in [3.8, 4) is 0 Å². The second-order valence-electron chi connectivity index (χ2n) is 5.66. The van der Waals surface area contributed by atoms with E-state index in [1.165, 1.54) is 5.56 Å². The molecule has 0 spiro atoms. The molecule has 1 saturated heterocycles. The van der Waals surface area contributed by atoms with Gasteiger partial charge >= 0.3 is 0 Å². The molecule has 1 aromatic carbocycles. The van der Waals surface area contributed by atoms with E-state index in [9.17, 15) is 0 Å². The minimum atomic E-state index is 0. The number of aromatic nitrogens is 1. The number of nitrogens with zero attached hydrogens (tertiary/aromatic N) is 2. The minimum absolute atomic E-state index is 0. The number of hydrogen-bond donors (Lipinski definition) is 2. The molecule has 0 amide bonds. The normalized spacial score (nSPS) is 17.9. The summed E-state index contributed by atoms with van der Waals surface area (Å²) in [6.07, 6.45) is 0. The van der Waals surface area contributed by atoms with Crippen molar-refractivity contribution in [2.45, 2.75) is 26.4 Å². The molecule has 1 fully saturated rings. The van der Waals surface area contributed by atoms with Crippen molar-refractivity contribution >= 4 is 47.0 Å². The Balaban J connectivity index is 0.00000132. The van der Waals surface area contributed by atoms with Gasteiger partial charge in [0.2, 0.25) is 0 Å². The molecule has 0 aliphatic carbocycles. The average molecular weight is 375 g/mol. The van der Waals surface area contributed by atoms with Crippen LogP contribution in [0.15, 0.2) is 29.6 Å². The standard InChI is InChI=1S/C16H22N4S.2ClH/c1-12-3-5-14(6-4-12)18-16-19-15(11-21-16)10-20-8-7-17-9-13(20)2;;/h3-6,11,13,17H,7-10H2,1-2H3,(H,18,19);2*1H/t13-;;/m0../s1. The topological polar surface area (TPSA) is 40.2 Å². The van der Waals surface area contributed by atoms with Crippen molar-refractivity contribution in [3.05, 3.63) is 40.9 Å². The number of rotatable bonds is 4. The van der Waals surface area contributed by atoms with E-state index in [1.807, 2.05) is 0 Å². The molecule has 1 atom stereocenters. The Bertz CT molecular complexity index is 588. The van der Waals surface area contributed by atoms with Crippen molar-refractivity contribution in [3.63, 3.8) is 0 Å². The molecular weight excluding hydrogens is 351 g/mol. The zero-order chi connectivity index (χ0) is 14.7. The molecule has 23 heavy (non-hydrogen) atoms. The van der Waals surface area contributed by atoms with Gasteiger partial charge in [0.25, 0.3) is 0 Å². The molecule has 128 valence electrons. The fourth-order valence-corrected chi connectivity index (χ4v) is 3.25. The molecule has 4 nitrogen and oxygen atoms in total. The molecule has 1 aliphatic rings. The number of anilines is 2. The Morgan fingerprint density at radius 1 is 1.30 bits per heavy atom. The Morgan fingerprint density at radius 3 is 2.74 bits per heavy atom. The Kier molecular flexibility index (Phi) is 8.29. The lowest BCUT2D eigenvalue weighted by molar-refractivity contribution is 0.164. The summed E-state index contributed by atoms with van der Waals surface area (Å²) in [5.41, 5.74) is 3.52. The highest BCUT2D eigenvalue weighted by Crippen LogP contribution is 2.22. The Labute approximate surface area is 154 Å². The van der Waals surface area contributed by atoms with E-state index in [0.717, 1.165) is 42.7 Å². The first kappa shape index (κ1) is 20.2. The number of nitrogens with one attached hydrogen (secondary N) is 2. The molecule has 7 heteroatoms. The van der Waals surface area contributed by atoms with E-state index in [2.05, 4.69) is 59.0 Å². The van der Waals surface area contributed by atoms with Crippen molar-refractivity contribution in [1.29, 1.82) is 0 Å². The number of piperazine rings is 1. The van der Waals surface area contributed by atoms with Crippen LogP contribution in [0.5, 0.6) is 0 Å². The summed E-state index contributed by atoms with van der Waals surface area (Å²) in [4.78, 5) is 7.19. The first-order valence-corrected chi connectivity index (χ1v) is 8.31. The van der Waals surface area contributed by atoms with Crippen LogP contribution in [0, 0.1) is 6.92 Å². The molecule has 2 aromatic rings. The van der Waals surface area contributed by atoms with Crippen LogP contribution in [0.3, 0.4) is 0 Å². The fraction of sp³-hybridized carbons (Fsp3) is 0.438. The van der Waals surface area contributed by atoms with Gasteiger partial charge in [-0.2, -0.15) is 0 Å². The lowest BCUT2D eigenvalue weighted by Crippen LogP contribution is -2.49. The lowest BCUT2D eigenvalue weighted by atomic mass is 10.2. The smallest absolute Gasteiger partial charge is 0.187 e. The maximum atomic E-state index is 4.70. The summed E-state index contributed by atoms with van der Waals surface area (Å²) in [7, 11) is 0. The summed E-state index contributed by atoms with van der Waals surface area (Å²) < 4.78 is 0. The third kappa shape index (κ3) is 5.62. The molecule has 1 aromatic heterocycles. The Hall–Kier alpha value is -0.850. The highest BCUT2D eigenvalue weighted by atomic mass is 35.5. The van der Waals surface area contributed by atoms with Gasteiger partial charge in [-0.05, 0) is 26.0 Å². The molecule has 3 rings (SSSR count). The zero-order valence-corrected chi connectivity index (χ0v) is 15.9. The van der Waals surface area contributed by atoms with Gasteiger partial charge in [0.15, 0.2) is 5.13 Å². The van der Waals surface area contributed by atoms with Gasteiger partial charge in [-0.1, -0.05) is 17.7 Å². The second kappa shape index (κ2) is 9.45. The summed E-state index contributed by atoms with van der Waals surface area (Å²) in [5, 5.41) is 9.92. The largest absolute Gasteiger partial charge is 0.332 e. The van der Waals surface area contributed by atoms with Crippen molar-refractivity contribution < 1.29 is 0 Å². The highest BCUT2D eigenvalue weighted by molar-refractivity contribution is 7.13. The SMILES string of the molecule is Cc1ccc(Nc2nc(CN3CCNC[C@@H]3C)cs2)cc1.Cl.Cl. The number of aryl methyl sites for hydroxylation is 1. The lowest BCUT2D eigenvalue weighted by Gasteiger charge is -2.33. The van der Waals surface area contributed by atoms with E-state index in [0.29, 0.717) is 6.04 Å². The Morgan fingerprint density at radius 2 is 2.04 bits per heavy atom. The maximum absolute atomic E-state index is 4.70. The summed E-state index contributed by atoms with van der Waals surface area (Å²) >= 11 is 1.67. The molecular formula is C16H24Cl2N4S. The number of thiazole rings is 1. The third-order valence-corrected chi connectivity index (χ3v) is 4.67. The first-order chi connectivity index (χ1) is 10.2. The van der Waals surface area contributed by atoms with Crippen LogP contribution in [0.2, 0.25) is 0 Å². The monoisotopic (exact) mass is 374 g/mol. The molecule has 2 heterocycles. The summed E-state index contributed by atoms with van der Waals surface area (Å²) in [6.45, 7) is 8.54. The predicted molar refractivity (Wildman–Crippen MR) is 104 cm³/mol. The third-order valence-electron chi connectivity index (χ3n) is 3.86. The van der Waals surface area contributed by atoms with E-state index in [4.69, 9.17) is 4.98 Å². The van der Waals surface area contributed by atoms with Crippen molar-refractivity contribution in [1.82, 2.24) is 15.2 Å². The van der Waals surface area contributed by atoms with Crippen LogP contribution in [0.25, 0.3) is 0 Å². The zero-order valence-electron chi connectivity index (χ0n) is 13.4. The van der Waals surface area contributed by atoms with Gasteiger partial charge in [-0.25, -0.2) is 4.98 Å². The summed E-state index contributed by atoms with van der Waals surface area (Å²) in [6, 6.07) is 8.98.